The van der Waals surface area contributed by atoms with Gasteiger partial charge in [0.1, 0.15) is 11.4 Å². The molecule has 0 unspecified atom stereocenters. The Labute approximate surface area is 77.8 Å². The molecule has 3 heteroatoms. The molecule has 0 aliphatic heterocycles. The van der Waals surface area contributed by atoms with Crippen LogP contribution in [0.1, 0.15) is 30.0 Å². The van der Waals surface area contributed by atoms with Crippen LogP contribution < -0.4 is 4.74 Å². The van der Waals surface area contributed by atoms with Gasteiger partial charge >= 0.3 is 0 Å². The van der Waals surface area contributed by atoms with Crippen molar-refractivity contribution in [3.8, 4) is 5.75 Å². The van der Waals surface area contributed by atoms with Crippen LogP contribution in [0, 0.1) is 6.92 Å². The van der Waals surface area contributed by atoms with E-state index in [1.807, 2.05) is 19.9 Å². The fourth-order valence-electron chi connectivity index (χ4n) is 1.07. The maximum Gasteiger partial charge on any atom is 0.178 e. The van der Waals surface area contributed by atoms with Gasteiger partial charge in [-0.1, -0.05) is 0 Å². The SMILES string of the molecule is CCOc1cc(C)nc(C(C)=O)c1. The van der Waals surface area contributed by atoms with E-state index in [9.17, 15) is 4.79 Å². The first-order chi connectivity index (χ1) is 6.13. The van der Waals surface area contributed by atoms with E-state index >= 15 is 0 Å². The zero-order chi connectivity index (χ0) is 9.84. The van der Waals surface area contributed by atoms with E-state index in [0.29, 0.717) is 18.1 Å². The zero-order valence-electron chi connectivity index (χ0n) is 8.13. The summed E-state index contributed by atoms with van der Waals surface area (Å²) in [6.45, 7) is 5.84. The van der Waals surface area contributed by atoms with E-state index in [1.165, 1.54) is 6.92 Å². The molecule has 0 N–H and O–H groups in total. The highest BCUT2D eigenvalue weighted by molar-refractivity contribution is 5.92. The van der Waals surface area contributed by atoms with Crippen LogP contribution in [0.5, 0.6) is 5.75 Å². The van der Waals surface area contributed by atoms with Gasteiger partial charge in [0, 0.05) is 24.8 Å². The Morgan fingerprint density at radius 1 is 1.54 bits per heavy atom. The van der Waals surface area contributed by atoms with Gasteiger partial charge in [-0.15, -0.1) is 0 Å². The van der Waals surface area contributed by atoms with Crippen molar-refractivity contribution in [3.05, 3.63) is 23.5 Å². The Morgan fingerprint density at radius 3 is 2.77 bits per heavy atom. The van der Waals surface area contributed by atoms with Gasteiger partial charge in [-0.05, 0) is 13.8 Å². The lowest BCUT2D eigenvalue weighted by Gasteiger charge is -2.05. The van der Waals surface area contributed by atoms with Crippen molar-refractivity contribution in [3.63, 3.8) is 0 Å². The molecule has 0 radical (unpaired) electrons. The number of aryl methyl sites for hydroxylation is 1. The largest absolute Gasteiger partial charge is 0.494 e. The van der Waals surface area contributed by atoms with Crippen molar-refractivity contribution in [2.75, 3.05) is 6.61 Å². The van der Waals surface area contributed by atoms with E-state index in [-0.39, 0.29) is 5.78 Å². The topological polar surface area (TPSA) is 39.2 Å². The summed E-state index contributed by atoms with van der Waals surface area (Å²) in [7, 11) is 0. The summed E-state index contributed by atoms with van der Waals surface area (Å²) in [5, 5.41) is 0. The first-order valence-electron chi connectivity index (χ1n) is 4.26. The second-order valence-electron chi connectivity index (χ2n) is 2.82. The Bertz CT molecular complexity index is 321. The molecule has 0 saturated carbocycles. The van der Waals surface area contributed by atoms with E-state index in [1.54, 1.807) is 6.07 Å². The molecule has 0 aliphatic carbocycles. The zero-order valence-corrected chi connectivity index (χ0v) is 8.13. The Hall–Kier alpha value is -1.38. The number of nitrogens with zero attached hydrogens (tertiary/aromatic N) is 1. The average molecular weight is 179 g/mol. The van der Waals surface area contributed by atoms with Crippen molar-refractivity contribution in [2.45, 2.75) is 20.8 Å². The number of hydrogen-bond acceptors (Lipinski definition) is 3. The maximum atomic E-state index is 11.0. The van der Waals surface area contributed by atoms with Gasteiger partial charge in [0.25, 0.3) is 0 Å². The third-order valence-corrected chi connectivity index (χ3v) is 1.60. The van der Waals surface area contributed by atoms with Crippen LogP contribution in [0.2, 0.25) is 0 Å². The summed E-state index contributed by atoms with van der Waals surface area (Å²) in [4.78, 5) is 15.1. The van der Waals surface area contributed by atoms with Gasteiger partial charge in [-0.3, -0.25) is 4.79 Å². The predicted octanol–water partition coefficient (Wildman–Crippen LogP) is 1.99. The lowest BCUT2D eigenvalue weighted by atomic mass is 10.2. The fraction of sp³-hybridized carbons (Fsp3) is 0.400. The van der Waals surface area contributed by atoms with Gasteiger partial charge in [-0.2, -0.15) is 0 Å². The molecule has 70 valence electrons. The molecule has 1 aromatic rings. The highest BCUT2D eigenvalue weighted by Gasteiger charge is 2.04. The summed E-state index contributed by atoms with van der Waals surface area (Å²) >= 11 is 0. The molecule has 3 nitrogen and oxygen atoms in total. The number of ether oxygens (including phenoxy) is 1. The van der Waals surface area contributed by atoms with Crippen LogP contribution >= 0.6 is 0 Å². The molecule has 0 amide bonds. The van der Waals surface area contributed by atoms with E-state index in [2.05, 4.69) is 4.98 Å². The van der Waals surface area contributed by atoms with Crippen LogP contribution in [-0.2, 0) is 0 Å². The Morgan fingerprint density at radius 2 is 2.23 bits per heavy atom. The van der Waals surface area contributed by atoms with Gasteiger partial charge in [-0.25, -0.2) is 4.98 Å². The summed E-state index contributed by atoms with van der Waals surface area (Å²) in [6, 6.07) is 3.48. The molecule has 0 fully saturated rings. The molecule has 0 spiro atoms. The van der Waals surface area contributed by atoms with E-state index in [4.69, 9.17) is 4.74 Å². The predicted molar refractivity (Wildman–Crippen MR) is 50.1 cm³/mol. The molecular formula is C10H13NO2. The number of ketones is 1. The number of aromatic nitrogens is 1. The highest BCUT2D eigenvalue weighted by Crippen LogP contribution is 2.14. The van der Waals surface area contributed by atoms with Crippen molar-refractivity contribution in [2.24, 2.45) is 0 Å². The fourth-order valence-corrected chi connectivity index (χ4v) is 1.07. The average Bonchev–Trinajstić information content (AvgIpc) is 2.03. The molecule has 0 saturated heterocycles. The van der Waals surface area contributed by atoms with Gasteiger partial charge in [0.2, 0.25) is 0 Å². The number of Topliss-reactive ketones (excluding diaryl/α,β-unsaturated/α-hetero) is 1. The number of pyridine rings is 1. The van der Waals surface area contributed by atoms with Crippen molar-refractivity contribution in [1.82, 2.24) is 4.98 Å². The Kier molecular flexibility index (Phi) is 3.01. The van der Waals surface area contributed by atoms with Crippen LogP contribution in [0.3, 0.4) is 0 Å². The monoisotopic (exact) mass is 179 g/mol. The number of rotatable bonds is 3. The van der Waals surface area contributed by atoms with Crippen molar-refractivity contribution in [1.29, 1.82) is 0 Å². The minimum absolute atomic E-state index is 0.0374. The first kappa shape index (κ1) is 9.71. The molecule has 0 aliphatic rings. The molecule has 1 heterocycles. The van der Waals surface area contributed by atoms with Gasteiger partial charge in [0.05, 0.1) is 6.61 Å². The van der Waals surface area contributed by atoms with Gasteiger partial charge in [0.15, 0.2) is 5.78 Å². The van der Waals surface area contributed by atoms with Crippen molar-refractivity contribution < 1.29 is 9.53 Å². The minimum Gasteiger partial charge on any atom is -0.494 e. The summed E-state index contributed by atoms with van der Waals surface area (Å²) in [5.74, 6) is 0.671. The molecule has 1 rings (SSSR count). The summed E-state index contributed by atoms with van der Waals surface area (Å²) in [6.07, 6.45) is 0. The maximum absolute atomic E-state index is 11.0. The summed E-state index contributed by atoms with van der Waals surface area (Å²) < 4.78 is 5.29. The third kappa shape index (κ3) is 2.54. The van der Waals surface area contributed by atoms with Crippen LogP contribution in [-0.4, -0.2) is 17.4 Å². The van der Waals surface area contributed by atoms with Crippen LogP contribution in [0.15, 0.2) is 12.1 Å². The van der Waals surface area contributed by atoms with Crippen LogP contribution in [0.25, 0.3) is 0 Å². The Balaban J connectivity index is 3.03. The third-order valence-electron chi connectivity index (χ3n) is 1.60. The number of carbonyl (C=O) groups excluding carboxylic acids is 1. The standard InChI is InChI=1S/C10H13NO2/c1-4-13-9-5-7(2)11-10(6-9)8(3)12/h5-6H,4H2,1-3H3. The van der Waals surface area contributed by atoms with E-state index in [0.717, 1.165) is 5.69 Å². The molecule has 0 atom stereocenters. The quantitative estimate of drug-likeness (QED) is 0.666. The second-order valence-corrected chi connectivity index (χ2v) is 2.82. The second kappa shape index (κ2) is 4.03. The molecule has 0 aromatic carbocycles. The smallest absolute Gasteiger partial charge is 0.178 e. The number of carbonyl (C=O) groups is 1. The van der Waals surface area contributed by atoms with Gasteiger partial charge < -0.3 is 4.74 Å². The van der Waals surface area contributed by atoms with E-state index < -0.39 is 0 Å². The number of hydrogen-bond donors (Lipinski definition) is 0. The lowest BCUT2D eigenvalue weighted by molar-refractivity contribution is 0.101. The summed E-state index contributed by atoms with van der Waals surface area (Å²) in [5.41, 5.74) is 1.26. The molecule has 13 heavy (non-hydrogen) atoms. The first-order valence-corrected chi connectivity index (χ1v) is 4.26. The lowest BCUT2D eigenvalue weighted by Crippen LogP contribution is -2.00. The van der Waals surface area contributed by atoms with Crippen LogP contribution in [0.4, 0.5) is 0 Å². The minimum atomic E-state index is -0.0374. The normalized spacial score (nSPS) is 9.77. The highest BCUT2D eigenvalue weighted by atomic mass is 16.5. The van der Waals surface area contributed by atoms with Crippen molar-refractivity contribution >= 4 is 5.78 Å². The molecule has 0 bridgehead atoms. The molecular weight excluding hydrogens is 166 g/mol. The molecule has 1 aromatic heterocycles.